The van der Waals surface area contributed by atoms with Gasteiger partial charge < -0.3 is 10.1 Å². The van der Waals surface area contributed by atoms with Crippen molar-refractivity contribution in [2.75, 3.05) is 26.3 Å². The zero-order chi connectivity index (χ0) is 11.9. The second kappa shape index (κ2) is 6.88. The van der Waals surface area contributed by atoms with E-state index in [1.165, 1.54) is 12.8 Å². The van der Waals surface area contributed by atoms with Gasteiger partial charge in [0.2, 0.25) is 0 Å². The SMILES string of the molecule is CC(C)(CCC#N)CNCCOCC1CC1. The van der Waals surface area contributed by atoms with E-state index in [2.05, 4.69) is 25.2 Å². The smallest absolute Gasteiger partial charge is 0.0621 e. The van der Waals surface area contributed by atoms with Gasteiger partial charge in [0.05, 0.1) is 12.7 Å². The topological polar surface area (TPSA) is 45.0 Å². The quantitative estimate of drug-likeness (QED) is 0.611. The summed E-state index contributed by atoms with van der Waals surface area (Å²) in [6.07, 6.45) is 4.32. The molecule has 1 aliphatic rings. The number of hydrogen-bond donors (Lipinski definition) is 1. The van der Waals surface area contributed by atoms with Crippen molar-refractivity contribution in [2.45, 2.75) is 39.5 Å². The van der Waals surface area contributed by atoms with E-state index in [9.17, 15) is 0 Å². The number of rotatable bonds is 9. The molecule has 0 radical (unpaired) electrons. The Balaban J connectivity index is 1.90. The van der Waals surface area contributed by atoms with E-state index < -0.39 is 0 Å². The molecule has 1 fully saturated rings. The highest BCUT2D eigenvalue weighted by Crippen LogP contribution is 2.28. The van der Waals surface area contributed by atoms with E-state index in [1.54, 1.807) is 0 Å². The lowest BCUT2D eigenvalue weighted by Crippen LogP contribution is -2.31. The Hall–Kier alpha value is -0.590. The van der Waals surface area contributed by atoms with E-state index in [1.807, 2.05) is 0 Å². The fourth-order valence-electron chi connectivity index (χ4n) is 1.59. The van der Waals surface area contributed by atoms with Gasteiger partial charge in [-0.2, -0.15) is 5.26 Å². The van der Waals surface area contributed by atoms with Crippen LogP contribution in [-0.2, 0) is 4.74 Å². The number of nitrogens with one attached hydrogen (secondary N) is 1. The summed E-state index contributed by atoms with van der Waals surface area (Å²) in [5, 5.41) is 11.9. The normalized spacial score (nSPS) is 16.1. The molecule has 0 bridgehead atoms. The van der Waals surface area contributed by atoms with E-state index in [0.717, 1.165) is 38.6 Å². The molecule has 16 heavy (non-hydrogen) atoms. The van der Waals surface area contributed by atoms with Gasteiger partial charge in [0.25, 0.3) is 0 Å². The second-order valence-corrected chi connectivity index (χ2v) is 5.52. The Labute approximate surface area is 99.2 Å². The standard InChI is InChI=1S/C13H24N2O/c1-13(2,6-3-7-14)11-15-8-9-16-10-12-4-5-12/h12,15H,3-6,8-11H2,1-2H3. The molecule has 1 rings (SSSR count). The van der Waals surface area contributed by atoms with Crippen molar-refractivity contribution in [1.29, 1.82) is 5.26 Å². The fraction of sp³-hybridized carbons (Fsp3) is 0.923. The molecular weight excluding hydrogens is 200 g/mol. The Morgan fingerprint density at radius 2 is 2.19 bits per heavy atom. The molecule has 0 atom stereocenters. The monoisotopic (exact) mass is 224 g/mol. The summed E-state index contributed by atoms with van der Waals surface area (Å²) in [5.41, 5.74) is 0.215. The van der Waals surface area contributed by atoms with Gasteiger partial charge in [-0.3, -0.25) is 0 Å². The molecule has 3 nitrogen and oxygen atoms in total. The molecule has 0 aliphatic heterocycles. The van der Waals surface area contributed by atoms with Crippen LogP contribution in [0.25, 0.3) is 0 Å². The number of hydrogen-bond acceptors (Lipinski definition) is 3. The van der Waals surface area contributed by atoms with Gasteiger partial charge in [-0.25, -0.2) is 0 Å². The predicted octanol–water partition coefficient (Wildman–Crippen LogP) is 2.33. The molecule has 0 aromatic rings. The summed E-state index contributed by atoms with van der Waals surface area (Å²) in [6, 6.07) is 2.20. The maximum atomic E-state index is 8.54. The molecule has 0 saturated heterocycles. The van der Waals surface area contributed by atoms with Crippen LogP contribution in [0.1, 0.15) is 39.5 Å². The number of nitriles is 1. The van der Waals surface area contributed by atoms with E-state index in [0.29, 0.717) is 6.42 Å². The molecule has 1 saturated carbocycles. The Kier molecular flexibility index (Phi) is 5.79. The van der Waals surface area contributed by atoms with E-state index in [-0.39, 0.29) is 5.41 Å². The summed E-state index contributed by atoms with van der Waals surface area (Å²) in [4.78, 5) is 0. The Morgan fingerprint density at radius 3 is 2.81 bits per heavy atom. The van der Waals surface area contributed by atoms with Gasteiger partial charge in [0.15, 0.2) is 0 Å². The van der Waals surface area contributed by atoms with Crippen molar-refractivity contribution >= 4 is 0 Å². The van der Waals surface area contributed by atoms with Crippen molar-refractivity contribution in [3.63, 3.8) is 0 Å². The maximum absolute atomic E-state index is 8.54. The molecular formula is C13H24N2O. The second-order valence-electron chi connectivity index (χ2n) is 5.52. The van der Waals surface area contributed by atoms with Crippen molar-refractivity contribution in [1.82, 2.24) is 5.32 Å². The first-order valence-corrected chi connectivity index (χ1v) is 6.29. The first-order chi connectivity index (χ1) is 7.64. The van der Waals surface area contributed by atoms with Gasteiger partial charge in [-0.1, -0.05) is 13.8 Å². The zero-order valence-corrected chi connectivity index (χ0v) is 10.6. The highest BCUT2D eigenvalue weighted by molar-refractivity contribution is 4.78. The van der Waals surface area contributed by atoms with Crippen LogP contribution in [0, 0.1) is 22.7 Å². The van der Waals surface area contributed by atoms with Crippen LogP contribution < -0.4 is 5.32 Å². The van der Waals surface area contributed by atoms with Crippen LogP contribution in [0.15, 0.2) is 0 Å². The first kappa shape index (κ1) is 13.5. The summed E-state index contributed by atoms with van der Waals surface area (Å²) < 4.78 is 5.54. The molecule has 3 heteroatoms. The molecule has 0 unspecified atom stereocenters. The molecule has 0 aromatic heterocycles. The third-order valence-electron chi connectivity index (χ3n) is 2.99. The first-order valence-electron chi connectivity index (χ1n) is 6.29. The van der Waals surface area contributed by atoms with Gasteiger partial charge in [-0.15, -0.1) is 0 Å². The van der Waals surface area contributed by atoms with Crippen LogP contribution in [0.2, 0.25) is 0 Å². The predicted molar refractivity (Wildman–Crippen MR) is 65.0 cm³/mol. The minimum absolute atomic E-state index is 0.215. The molecule has 0 aromatic carbocycles. The largest absolute Gasteiger partial charge is 0.380 e. The van der Waals surface area contributed by atoms with Crippen LogP contribution >= 0.6 is 0 Å². The zero-order valence-electron chi connectivity index (χ0n) is 10.6. The Morgan fingerprint density at radius 1 is 1.44 bits per heavy atom. The molecule has 0 amide bonds. The van der Waals surface area contributed by atoms with Gasteiger partial charge in [-0.05, 0) is 30.6 Å². The van der Waals surface area contributed by atoms with Crippen molar-refractivity contribution in [3.8, 4) is 6.07 Å². The van der Waals surface area contributed by atoms with E-state index in [4.69, 9.17) is 10.00 Å². The van der Waals surface area contributed by atoms with Crippen molar-refractivity contribution < 1.29 is 4.74 Å². The highest BCUT2D eigenvalue weighted by Gasteiger charge is 2.21. The lowest BCUT2D eigenvalue weighted by Gasteiger charge is -2.23. The van der Waals surface area contributed by atoms with Crippen LogP contribution in [0.5, 0.6) is 0 Å². The third kappa shape index (κ3) is 6.81. The van der Waals surface area contributed by atoms with Crippen LogP contribution in [0.3, 0.4) is 0 Å². The van der Waals surface area contributed by atoms with Gasteiger partial charge in [0, 0.05) is 26.1 Å². The lowest BCUT2D eigenvalue weighted by molar-refractivity contribution is 0.124. The lowest BCUT2D eigenvalue weighted by atomic mass is 9.88. The third-order valence-corrected chi connectivity index (χ3v) is 2.99. The molecule has 0 spiro atoms. The van der Waals surface area contributed by atoms with Gasteiger partial charge in [0.1, 0.15) is 0 Å². The van der Waals surface area contributed by atoms with Crippen LogP contribution in [0.4, 0.5) is 0 Å². The average Bonchev–Trinajstić information content (AvgIpc) is 3.04. The molecule has 1 aliphatic carbocycles. The highest BCUT2D eigenvalue weighted by atomic mass is 16.5. The fourth-order valence-corrected chi connectivity index (χ4v) is 1.59. The van der Waals surface area contributed by atoms with Gasteiger partial charge >= 0.3 is 0 Å². The van der Waals surface area contributed by atoms with Crippen LogP contribution in [-0.4, -0.2) is 26.3 Å². The van der Waals surface area contributed by atoms with E-state index >= 15 is 0 Å². The minimum Gasteiger partial charge on any atom is -0.380 e. The summed E-state index contributed by atoms with van der Waals surface area (Å²) in [7, 11) is 0. The number of nitrogens with zero attached hydrogens (tertiary/aromatic N) is 1. The Bertz CT molecular complexity index is 229. The maximum Gasteiger partial charge on any atom is 0.0621 e. The molecule has 1 N–H and O–H groups in total. The summed E-state index contributed by atoms with van der Waals surface area (Å²) >= 11 is 0. The minimum atomic E-state index is 0.215. The number of ether oxygens (including phenoxy) is 1. The molecule has 92 valence electrons. The molecule has 0 heterocycles. The van der Waals surface area contributed by atoms with Crippen molar-refractivity contribution in [2.24, 2.45) is 11.3 Å². The summed E-state index contributed by atoms with van der Waals surface area (Å²) in [6.45, 7) is 8.03. The average molecular weight is 224 g/mol. The van der Waals surface area contributed by atoms with Crippen molar-refractivity contribution in [3.05, 3.63) is 0 Å². The summed E-state index contributed by atoms with van der Waals surface area (Å²) in [5.74, 6) is 0.854.